The molecule has 17 heavy (non-hydrogen) atoms. The van der Waals surface area contributed by atoms with Crippen LogP contribution in [-0.2, 0) is 21.3 Å². The summed E-state index contributed by atoms with van der Waals surface area (Å²) >= 11 is 3.02. The Balaban J connectivity index is 3.21. The lowest BCUT2D eigenvalue weighted by atomic mass is 10.1. The molecule has 4 nitrogen and oxygen atoms in total. The van der Waals surface area contributed by atoms with E-state index >= 15 is 0 Å². The first kappa shape index (κ1) is 13.8. The van der Waals surface area contributed by atoms with Crippen LogP contribution in [0.5, 0.6) is 5.75 Å². The summed E-state index contributed by atoms with van der Waals surface area (Å²) in [5, 5.41) is 9.75. The highest BCUT2D eigenvalue weighted by Gasteiger charge is 2.22. The minimum absolute atomic E-state index is 0.0333. The Hall–Kier alpha value is -1.24. The number of aromatic nitrogens is 1. The maximum Gasteiger partial charge on any atom is 0.310 e. The van der Waals surface area contributed by atoms with E-state index in [1.165, 1.54) is 0 Å². The van der Waals surface area contributed by atoms with Crippen molar-refractivity contribution < 1.29 is 23.4 Å². The summed E-state index contributed by atoms with van der Waals surface area (Å²) in [7, 11) is 1.16. The number of hydrogen-bond acceptors (Lipinski definition) is 4. The van der Waals surface area contributed by atoms with E-state index in [2.05, 4.69) is 25.7 Å². The Morgan fingerprint density at radius 2 is 2.29 bits per heavy atom. The summed E-state index contributed by atoms with van der Waals surface area (Å²) in [5.41, 5.74) is -0.497. The number of pyridine rings is 1. The van der Waals surface area contributed by atoms with Crippen LogP contribution in [-0.4, -0.2) is 23.2 Å². The molecule has 0 aliphatic heterocycles. The van der Waals surface area contributed by atoms with Crippen molar-refractivity contribution >= 4 is 21.9 Å². The second-order valence-electron chi connectivity index (χ2n) is 3.18. The molecule has 1 rings (SSSR count). The van der Waals surface area contributed by atoms with Crippen LogP contribution < -0.4 is 0 Å². The van der Waals surface area contributed by atoms with E-state index in [0.717, 1.165) is 13.3 Å². The highest BCUT2D eigenvalue weighted by molar-refractivity contribution is 9.08. The number of methoxy groups -OCH3 is 1. The fraction of sp³-hybridized carbons (Fsp3) is 0.400. The molecule has 0 saturated heterocycles. The minimum Gasteiger partial charge on any atom is -0.505 e. The molecule has 94 valence electrons. The Bertz CT molecular complexity index is 426. The summed E-state index contributed by atoms with van der Waals surface area (Å²) < 4.78 is 30.0. The van der Waals surface area contributed by atoms with Crippen LogP contribution in [0, 0.1) is 0 Å². The van der Waals surface area contributed by atoms with Gasteiger partial charge in [0, 0.05) is 11.5 Å². The smallest absolute Gasteiger partial charge is 0.310 e. The van der Waals surface area contributed by atoms with Gasteiger partial charge in [0.15, 0.2) is 0 Å². The lowest BCUT2D eigenvalue weighted by Crippen LogP contribution is -2.09. The number of rotatable bonds is 4. The van der Waals surface area contributed by atoms with Crippen LogP contribution in [0.25, 0.3) is 0 Å². The molecule has 0 radical (unpaired) electrons. The van der Waals surface area contributed by atoms with Gasteiger partial charge in [-0.3, -0.25) is 9.78 Å². The predicted octanol–water partition coefficient (Wildman–Crippen LogP) is 2.34. The maximum atomic E-state index is 12.8. The third-order valence-corrected chi connectivity index (χ3v) is 2.69. The number of aromatic hydroxyl groups is 1. The number of esters is 1. The van der Waals surface area contributed by atoms with Gasteiger partial charge in [-0.25, -0.2) is 8.78 Å². The molecule has 7 heteroatoms. The van der Waals surface area contributed by atoms with E-state index in [9.17, 15) is 18.7 Å². The fourth-order valence-corrected chi connectivity index (χ4v) is 1.71. The quantitative estimate of drug-likeness (QED) is 0.685. The topological polar surface area (TPSA) is 59.4 Å². The van der Waals surface area contributed by atoms with Crippen molar-refractivity contribution in [1.29, 1.82) is 0 Å². The normalized spacial score (nSPS) is 10.6. The van der Waals surface area contributed by atoms with E-state index in [-0.39, 0.29) is 23.0 Å². The van der Waals surface area contributed by atoms with Gasteiger partial charge in [0.1, 0.15) is 5.75 Å². The molecule has 0 aliphatic carbocycles. The lowest BCUT2D eigenvalue weighted by Gasteiger charge is -2.11. The van der Waals surface area contributed by atoms with E-state index in [4.69, 9.17) is 0 Å². The van der Waals surface area contributed by atoms with Crippen molar-refractivity contribution in [3.05, 3.63) is 23.0 Å². The van der Waals surface area contributed by atoms with Gasteiger partial charge in [0.2, 0.25) is 0 Å². The standard InChI is InChI=1S/C10H10BrF2NO3/c1-17-7(15)2-5-4-14-6(3-11)9(16)8(5)10(12)13/h4,10,16H,2-3H2,1H3. The highest BCUT2D eigenvalue weighted by Crippen LogP contribution is 2.34. The van der Waals surface area contributed by atoms with Crippen molar-refractivity contribution in [2.24, 2.45) is 0 Å². The Morgan fingerprint density at radius 3 is 2.76 bits per heavy atom. The monoisotopic (exact) mass is 309 g/mol. The van der Waals surface area contributed by atoms with E-state index in [1.807, 2.05) is 0 Å². The number of carbonyl (C=O) groups excluding carboxylic acids is 1. The second kappa shape index (κ2) is 5.90. The third-order valence-electron chi connectivity index (χ3n) is 2.16. The zero-order valence-electron chi connectivity index (χ0n) is 8.91. The molecule has 0 aromatic carbocycles. The Morgan fingerprint density at radius 1 is 1.65 bits per heavy atom. The molecule has 0 amide bonds. The van der Waals surface area contributed by atoms with Crippen molar-refractivity contribution in [1.82, 2.24) is 4.98 Å². The maximum absolute atomic E-state index is 12.8. The number of hydrogen-bond donors (Lipinski definition) is 1. The zero-order chi connectivity index (χ0) is 13.0. The van der Waals surface area contributed by atoms with Gasteiger partial charge < -0.3 is 9.84 Å². The predicted molar refractivity (Wildman–Crippen MR) is 59.2 cm³/mol. The van der Waals surface area contributed by atoms with Gasteiger partial charge in [-0.2, -0.15) is 0 Å². The number of halogens is 3. The first-order chi connectivity index (χ1) is 8.01. The molecular formula is C10H10BrF2NO3. The minimum atomic E-state index is -2.88. The number of carbonyl (C=O) groups is 1. The first-order valence-electron chi connectivity index (χ1n) is 4.61. The molecule has 1 heterocycles. The molecule has 0 unspecified atom stereocenters. The van der Waals surface area contributed by atoms with Crippen molar-refractivity contribution in [2.45, 2.75) is 18.2 Å². The van der Waals surface area contributed by atoms with Crippen LogP contribution in [0.1, 0.15) is 23.2 Å². The Labute approximate surface area is 105 Å². The van der Waals surface area contributed by atoms with Gasteiger partial charge in [0.05, 0.1) is 24.8 Å². The summed E-state index contributed by atoms with van der Waals surface area (Å²) in [6.07, 6.45) is -2.08. The zero-order valence-corrected chi connectivity index (χ0v) is 10.5. The van der Waals surface area contributed by atoms with Gasteiger partial charge in [-0.05, 0) is 5.56 Å². The average Bonchev–Trinajstić information content (AvgIpc) is 2.28. The lowest BCUT2D eigenvalue weighted by molar-refractivity contribution is -0.139. The van der Waals surface area contributed by atoms with E-state index in [0.29, 0.717) is 0 Å². The molecule has 0 atom stereocenters. The van der Waals surface area contributed by atoms with Crippen LogP contribution in [0.4, 0.5) is 8.78 Å². The van der Waals surface area contributed by atoms with E-state index in [1.54, 1.807) is 0 Å². The van der Waals surface area contributed by atoms with Gasteiger partial charge in [-0.15, -0.1) is 0 Å². The first-order valence-corrected chi connectivity index (χ1v) is 5.74. The fourth-order valence-electron chi connectivity index (χ4n) is 1.30. The highest BCUT2D eigenvalue weighted by atomic mass is 79.9. The molecule has 0 saturated carbocycles. The molecule has 0 bridgehead atoms. The van der Waals surface area contributed by atoms with Crippen LogP contribution in [0.15, 0.2) is 6.20 Å². The van der Waals surface area contributed by atoms with Gasteiger partial charge >= 0.3 is 5.97 Å². The number of nitrogens with zero attached hydrogens (tertiary/aromatic N) is 1. The average molecular weight is 310 g/mol. The van der Waals surface area contributed by atoms with Crippen molar-refractivity contribution in [3.8, 4) is 5.75 Å². The summed E-state index contributed by atoms with van der Waals surface area (Å²) in [6, 6.07) is 0. The largest absolute Gasteiger partial charge is 0.505 e. The van der Waals surface area contributed by atoms with Crippen LogP contribution >= 0.6 is 15.9 Å². The summed E-state index contributed by atoms with van der Waals surface area (Å²) in [4.78, 5) is 14.8. The van der Waals surface area contributed by atoms with Crippen LogP contribution in [0.2, 0.25) is 0 Å². The molecular weight excluding hydrogens is 300 g/mol. The molecule has 0 spiro atoms. The summed E-state index contributed by atoms with van der Waals surface area (Å²) in [5.74, 6) is -1.25. The van der Waals surface area contributed by atoms with Crippen molar-refractivity contribution in [3.63, 3.8) is 0 Å². The SMILES string of the molecule is COC(=O)Cc1cnc(CBr)c(O)c1C(F)F. The molecule has 1 aromatic heterocycles. The summed E-state index contributed by atoms with van der Waals surface area (Å²) in [6.45, 7) is 0. The van der Waals surface area contributed by atoms with Crippen LogP contribution in [0.3, 0.4) is 0 Å². The number of ether oxygens (including phenoxy) is 1. The molecule has 1 N–H and O–H groups in total. The second-order valence-corrected chi connectivity index (χ2v) is 3.74. The molecule has 0 aliphatic rings. The number of alkyl halides is 3. The van der Waals surface area contributed by atoms with Gasteiger partial charge in [0.25, 0.3) is 6.43 Å². The third kappa shape index (κ3) is 3.12. The van der Waals surface area contributed by atoms with Crippen molar-refractivity contribution in [2.75, 3.05) is 7.11 Å². The molecule has 0 fully saturated rings. The molecule has 1 aromatic rings. The van der Waals surface area contributed by atoms with Gasteiger partial charge in [-0.1, -0.05) is 15.9 Å². The Kier molecular flexibility index (Phi) is 4.80. The van der Waals surface area contributed by atoms with E-state index < -0.39 is 23.7 Å².